The van der Waals surface area contributed by atoms with Gasteiger partial charge in [-0.1, -0.05) is 35.9 Å². The van der Waals surface area contributed by atoms with Gasteiger partial charge in [0.05, 0.1) is 17.2 Å². The molecule has 0 fully saturated rings. The Hall–Kier alpha value is -3.09. The highest BCUT2D eigenvalue weighted by molar-refractivity contribution is 7.12. The van der Waals surface area contributed by atoms with Crippen LogP contribution < -0.4 is 4.74 Å². The Bertz CT molecular complexity index is 1340. The van der Waals surface area contributed by atoms with E-state index in [1.807, 2.05) is 68.4 Å². The molecule has 7 heteroatoms. The number of aryl methyl sites for hydroxylation is 1. The first-order chi connectivity index (χ1) is 14.6. The van der Waals surface area contributed by atoms with E-state index in [4.69, 9.17) is 16.3 Å². The van der Waals surface area contributed by atoms with Crippen molar-refractivity contribution in [3.8, 4) is 21.9 Å². The maximum Gasteiger partial charge on any atom is 0.133 e. The van der Waals surface area contributed by atoms with Gasteiger partial charge in [0.1, 0.15) is 23.2 Å². The summed E-state index contributed by atoms with van der Waals surface area (Å²) in [5, 5.41) is 8.02. The van der Waals surface area contributed by atoms with Gasteiger partial charge in [-0.25, -0.2) is 4.98 Å². The molecule has 30 heavy (non-hydrogen) atoms. The Morgan fingerprint density at radius 3 is 2.77 bits per heavy atom. The lowest BCUT2D eigenvalue weighted by Crippen LogP contribution is -2.03. The van der Waals surface area contributed by atoms with Gasteiger partial charge in [0.15, 0.2) is 0 Å². The Morgan fingerprint density at radius 1 is 1.10 bits per heavy atom. The first-order valence-corrected chi connectivity index (χ1v) is 10.8. The van der Waals surface area contributed by atoms with Gasteiger partial charge in [-0.05, 0) is 30.7 Å². The summed E-state index contributed by atoms with van der Waals surface area (Å²) in [5.41, 5.74) is 5.15. The van der Waals surface area contributed by atoms with Gasteiger partial charge in [0, 0.05) is 40.8 Å². The highest BCUT2D eigenvalue weighted by Gasteiger charge is 2.14. The fourth-order valence-electron chi connectivity index (χ4n) is 3.51. The number of aromatic nitrogens is 4. The summed E-state index contributed by atoms with van der Waals surface area (Å²) in [4.78, 5) is 4.60. The Kier molecular flexibility index (Phi) is 4.81. The molecule has 0 N–H and O–H groups in total. The van der Waals surface area contributed by atoms with Crippen LogP contribution >= 0.6 is 22.9 Å². The first-order valence-electron chi connectivity index (χ1n) is 9.54. The van der Waals surface area contributed by atoms with Crippen molar-refractivity contribution in [3.63, 3.8) is 0 Å². The molecular formula is C23H19ClN4OS. The van der Waals surface area contributed by atoms with Crippen LogP contribution in [-0.2, 0) is 7.05 Å². The molecule has 0 aliphatic carbocycles. The molecule has 1 atom stereocenters. The van der Waals surface area contributed by atoms with Crippen molar-refractivity contribution in [2.24, 2.45) is 7.05 Å². The lowest BCUT2D eigenvalue weighted by molar-refractivity contribution is 0.228. The molecule has 3 aromatic heterocycles. The predicted octanol–water partition coefficient (Wildman–Crippen LogP) is 6.28. The van der Waals surface area contributed by atoms with E-state index >= 15 is 0 Å². The maximum absolute atomic E-state index is 6.30. The van der Waals surface area contributed by atoms with Crippen molar-refractivity contribution >= 4 is 34.0 Å². The largest absolute Gasteiger partial charge is 0.485 e. The van der Waals surface area contributed by atoms with Gasteiger partial charge >= 0.3 is 0 Å². The Labute approximate surface area is 183 Å². The van der Waals surface area contributed by atoms with Crippen LogP contribution in [0.25, 0.3) is 27.2 Å². The quantitative estimate of drug-likeness (QED) is 0.327. The normalized spacial score (nSPS) is 12.4. The van der Waals surface area contributed by atoms with Gasteiger partial charge in [-0.2, -0.15) is 5.10 Å². The van der Waals surface area contributed by atoms with Crippen LogP contribution in [0.1, 0.15) is 18.6 Å². The number of rotatable bonds is 5. The fraction of sp³-hybridized carbons (Fsp3) is 0.130. The minimum absolute atomic E-state index is 0.136. The molecule has 3 heterocycles. The molecular weight excluding hydrogens is 416 g/mol. The standard InChI is InChI=1S/C23H19ClN4OS/c1-15(19-5-3-4-6-20(19)24)29-18-10-23(30-13-18)28-14-25-21-9-16(7-8-22(21)28)17-11-26-27(2)12-17/h3-15H,1-2H3/t15-/m1/s1. The van der Waals surface area contributed by atoms with E-state index in [1.165, 1.54) is 0 Å². The Morgan fingerprint density at radius 2 is 1.97 bits per heavy atom. The molecule has 5 nitrogen and oxygen atoms in total. The zero-order valence-corrected chi connectivity index (χ0v) is 18.1. The average Bonchev–Trinajstić information content (AvgIpc) is 3.47. The lowest BCUT2D eigenvalue weighted by atomic mass is 10.1. The topological polar surface area (TPSA) is 44.9 Å². The molecule has 5 rings (SSSR count). The molecule has 0 spiro atoms. The van der Waals surface area contributed by atoms with E-state index in [9.17, 15) is 0 Å². The van der Waals surface area contributed by atoms with E-state index in [0.717, 1.165) is 38.5 Å². The smallest absolute Gasteiger partial charge is 0.133 e. The number of fused-ring (bicyclic) bond motifs is 1. The fourth-order valence-corrected chi connectivity index (χ4v) is 4.60. The van der Waals surface area contributed by atoms with Gasteiger partial charge in [-0.3, -0.25) is 9.25 Å². The molecule has 150 valence electrons. The van der Waals surface area contributed by atoms with Gasteiger partial charge in [-0.15, -0.1) is 11.3 Å². The molecule has 0 radical (unpaired) electrons. The Balaban J connectivity index is 1.41. The zero-order valence-electron chi connectivity index (χ0n) is 16.5. The van der Waals surface area contributed by atoms with Gasteiger partial charge in [0.25, 0.3) is 0 Å². The van der Waals surface area contributed by atoms with E-state index in [0.29, 0.717) is 5.02 Å². The predicted molar refractivity (Wildman–Crippen MR) is 122 cm³/mol. The minimum atomic E-state index is -0.136. The number of halogens is 1. The van der Waals surface area contributed by atoms with E-state index in [1.54, 1.807) is 16.0 Å². The number of ether oxygens (including phenoxy) is 1. The van der Waals surface area contributed by atoms with E-state index < -0.39 is 0 Å². The summed E-state index contributed by atoms with van der Waals surface area (Å²) < 4.78 is 10.0. The second-order valence-electron chi connectivity index (χ2n) is 7.12. The third kappa shape index (κ3) is 3.49. The number of benzene rings is 2. The zero-order chi connectivity index (χ0) is 20.7. The van der Waals surface area contributed by atoms with E-state index in [2.05, 4.69) is 32.8 Å². The minimum Gasteiger partial charge on any atom is -0.485 e. The summed E-state index contributed by atoms with van der Waals surface area (Å²) in [6, 6.07) is 16.1. The maximum atomic E-state index is 6.30. The van der Waals surface area contributed by atoms with Crippen LogP contribution in [0.2, 0.25) is 5.02 Å². The number of hydrogen-bond acceptors (Lipinski definition) is 4. The van der Waals surface area contributed by atoms with Crippen molar-refractivity contribution in [3.05, 3.63) is 83.2 Å². The van der Waals surface area contributed by atoms with Crippen molar-refractivity contribution in [2.75, 3.05) is 0 Å². The summed E-state index contributed by atoms with van der Waals surface area (Å²) >= 11 is 7.92. The van der Waals surface area contributed by atoms with Crippen LogP contribution in [0.3, 0.4) is 0 Å². The molecule has 5 aromatic rings. The van der Waals surface area contributed by atoms with Crippen molar-refractivity contribution in [1.82, 2.24) is 19.3 Å². The van der Waals surface area contributed by atoms with Crippen LogP contribution in [0.5, 0.6) is 5.75 Å². The SMILES string of the molecule is C[C@@H](Oc1csc(-n2cnc3cc(-c4cnn(C)c4)ccc32)c1)c1ccccc1Cl. The van der Waals surface area contributed by atoms with Crippen LogP contribution in [0, 0.1) is 0 Å². The van der Waals surface area contributed by atoms with Crippen molar-refractivity contribution < 1.29 is 4.74 Å². The second-order valence-corrected chi connectivity index (χ2v) is 8.42. The van der Waals surface area contributed by atoms with Crippen LogP contribution in [0.15, 0.2) is 72.6 Å². The van der Waals surface area contributed by atoms with Crippen molar-refractivity contribution in [2.45, 2.75) is 13.0 Å². The molecule has 0 aliphatic rings. The highest BCUT2D eigenvalue weighted by atomic mass is 35.5. The lowest BCUT2D eigenvalue weighted by Gasteiger charge is -2.15. The highest BCUT2D eigenvalue weighted by Crippen LogP contribution is 2.33. The van der Waals surface area contributed by atoms with E-state index in [-0.39, 0.29) is 6.10 Å². The molecule has 0 unspecified atom stereocenters. The third-order valence-corrected chi connectivity index (χ3v) is 6.29. The van der Waals surface area contributed by atoms with Crippen LogP contribution in [0.4, 0.5) is 0 Å². The summed E-state index contributed by atoms with van der Waals surface area (Å²) in [6.45, 7) is 2.01. The molecule has 0 aliphatic heterocycles. The summed E-state index contributed by atoms with van der Waals surface area (Å²) in [7, 11) is 1.92. The monoisotopic (exact) mass is 434 g/mol. The number of thiophene rings is 1. The number of nitrogens with zero attached hydrogens (tertiary/aromatic N) is 4. The number of hydrogen-bond donors (Lipinski definition) is 0. The molecule has 0 bridgehead atoms. The first kappa shape index (κ1) is 18.9. The molecule has 0 saturated heterocycles. The second kappa shape index (κ2) is 7.63. The van der Waals surface area contributed by atoms with Crippen molar-refractivity contribution in [1.29, 1.82) is 0 Å². The molecule has 0 saturated carbocycles. The summed E-state index contributed by atoms with van der Waals surface area (Å²) in [5.74, 6) is 0.816. The third-order valence-electron chi connectivity index (χ3n) is 5.04. The van der Waals surface area contributed by atoms with Gasteiger partial charge in [0.2, 0.25) is 0 Å². The van der Waals surface area contributed by atoms with Crippen LogP contribution in [-0.4, -0.2) is 19.3 Å². The summed E-state index contributed by atoms with van der Waals surface area (Å²) in [6.07, 6.45) is 5.58. The van der Waals surface area contributed by atoms with Gasteiger partial charge < -0.3 is 4.74 Å². The number of imidazole rings is 1. The average molecular weight is 435 g/mol. The molecule has 0 amide bonds. The molecule has 2 aromatic carbocycles.